The molecular weight excluding hydrogens is 590 g/mol. The van der Waals surface area contributed by atoms with E-state index in [9.17, 15) is 19.2 Å². The molecule has 1 aliphatic carbocycles. The Labute approximate surface area is 261 Å². The number of hydrogen-bond acceptors (Lipinski definition) is 8. The Bertz CT molecular complexity index is 1460. The van der Waals surface area contributed by atoms with Gasteiger partial charge in [0, 0.05) is 36.6 Å². The average Bonchev–Trinajstić information content (AvgIpc) is 2.89. The van der Waals surface area contributed by atoms with E-state index in [-0.39, 0.29) is 33.9 Å². The maximum Gasteiger partial charge on any atom is 0.424 e. The molecule has 1 aromatic carbocycles. The molecular formula is C31H38ClN5O7. The maximum atomic E-state index is 13.1. The van der Waals surface area contributed by atoms with Crippen LogP contribution in [0.3, 0.4) is 0 Å². The van der Waals surface area contributed by atoms with Crippen LogP contribution in [0, 0.1) is 5.92 Å². The Kier molecular flexibility index (Phi) is 10.6. The molecule has 44 heavy (non-hydrogen) atoms. The summed E-state index contributed by atoms with van der Waals surface area (Å²) in [7, 11) is 1.52. The zero-order valence-corrected chi connectivity index (χ0v) is 26.8. The Morgan fingerprint density at radius 3 is 2.14 bits per heavy atom. The Morgan fingerprint density at radius 2 is 1.57 bits per heavy atom. The molecule has 0 saturated carbocycles. The lowest BCUT2D eigenvalue weighted by molar-refractivity contribution is 0.0430. The number of carbonyl (C=O) groups excluding carboxylic acids is 4. The van der Waals surface area contributed by atoms with Crippen molar-refractivity contribution in [3.8, 4) is 5.75 Å². The second kappa shape index (κ2) is 13.8. The third-order valence-electron chi connectivity index (χ3n) is 5.76. The number of urea groups is 1. The minimum Gasteiger partial charge on any atom is -0.461 e. The number of nitrogens with one attached hydrogen (secondary N) is 3. The van der Waals surface area contributed by atoms with E-state index in [1.165, 1.54) is 31.4 Å². The fraction of sp³-hybridized carbons (Fsp3) is 0.387. The molecule has 1 aromatic heterocycles. The summed E-state index contributed by atoms with van der Waals surface area (Å²) in [6.45, 7) is 11.9. The molecule has 13 heteroatoms. The number of carbonyl (C=O) groups is 4. The summed E-state index contributed by atoms with van der Waals surface area (Å²) in [6.07, 6.45) is 3.43. The van der Waals surface area contributed by atoms with E-state index in [1.54, 1.807) is 65.8 Å². The lowest BCUT2D eigenvalue weighted by Crippen LogP contribution is -2.44. The first-order valence-electron chi connectivity index (χ1n) is 13.9. The van der Waals surface area contributed by atoms with Crippen LogP contribution >= 0.6 is 11.6 Å². The fourth-order valence-corrected chi connectivity index (χ4v) is 4.09. The van der Waals surface area contributed by atoms with Crippen molar-refractivity contribution in [2.75, 3.05) is 17.3 Å². The first-order chi connectivity index (χ1) is 20.5. The van der Waals surface area contributed by atoms with Crippen LogP contribution in [0.5, 0.6) is 5.75 Å². The summed E-state index contributed by atoms with van der Waals surface area (Å²) in [5.41, 5.74) is -0.727. The molecule has 0 aliphatic heterocycles. The van der Waals surface area contributed by atoms with Crippen molar-refractivity contribution in [2.45, 2.75) is 66.1 Å². The fourth-order valence-electron chi connectivity index (χ4n) is 3.89. The average molecular weight is 628 g/mol. The first kappa shape index (κ1) is 33.9. The smallest absolute Gasteiger partial charge is 0.424 e. The summed E-state index contributed by atoms with van der Waals surface area (Å²) >= 11 is 6.40. The summed E-state index contributed by atoms with van der Waals surface area (Å²) < 4.78 is 16.8. The Balaban J connectivity index is 1.76. The molecule has 1 atom stereocenters. The van der Waals surface area contributed by atoms with Gasteiger partial charge in [-0.3, -0.25) is 9.78 Å². The second-order valence-corrected chi connectivity index (χ2v) is 12.4. The van der Waals surface area contributed by atoms with Crippen LogP contribution in [0.2, 0.25) is 5.02 Å². The SMILES string of the molecule is CNC(=O)c1cc(OC2=CC=C(NC(=O)Nc3ccc(Cl)c(N(C(=O)OC(C)(C)C)C(=O)OC(C)(C)C)c3)CC2C)ccn1. The van der Waals surface area contributed by atoms with Gasteiger partial charge in [-0.1, -0.05) is 18.5 Å². The number of anilines is 2. The summed E-state index contributed by atoms with van der Waals surface area (Å²) in [6, 6.07) is 6.99. The number of imide groups is 1. The molecule has 3 rings (SSSR count). The number of pyridine rings is 1. The van der Waals surface area contributed by atoms with Crippen molar-refractivity contribution >= 4 is 47.1 Å². The minimum absolute atomic E-state index is 0.0288. The predicted octanol–water partition coefficient (Wildman–Crippen LogP) is 6.78. The van der Waals surface area contributed by atoms with Gasteiger partial charge < -0.3 is 30.2 Å². The van der Waals surface area contributed by atoms with Crippen molar-refractivity contribution in [1.29, 1.82) is 0 Å². The molecule has 0 fully saturated rings. The molecule has 0 saturated heterocycles. The Morgan fingerprint density at radius 1 is 0.932 bits per heavy atom. The lowest BCUT2D eigenvalue weighted by atomic mass is 9.98. The van der Waals surface area contributed by atoms with E-state index in [1.807, 2.05) is 6.92 Å². The number of aromatic nitrogens is 1. The van der Waals surface area contributed by atoms with Gasteiger partial charge in [-0.15, -0.1) is 0 Å². The van der Waals surface area contributed by atoms with Crippen LogP contribution < -0.4 is 25.6 Å². The largest absolute Gasteiger partial charge is 0.461 e. The molecule has 5 amide bonds. The molecule has 236 valence electrons. The van der Waals surface area contributed by atoms with Crippen molar-refractivity contribution in [3.05, 3.63) is 70.9 Å². The lowest BCUT2D eigenvalue weighted by Gasteiger charge is -2.29. The van der Waals surface area contributed by atoms with Crippen molar-refractivity contribution in [1.82, 2.24) is 15.6 Å². The van der Waals surface area contributed by atoms with E-state index in [0.29, 0.717) is 28.5 Å². The first-order valence-corrected chi connectivity index (χ1v) is 14.2. The topological polar surface area (TPSA) is 148 Å². The molecule has 2 aromatic rings. The highest BCUT2D eigenvalue weighted by molar-refractivity contribution is 6.35. The van der Waals surface area contributed by atoms with E-state index < -0.39 is 29.4 Å². The number of benzene rings is 1. The number of allylic oxidation sites excluding steroid dienone is 4. The Hall–Kier alpha value is -4.58. The van der Waals surface area contributed by atoms with Crippen LogP contribution in [0.1, 0.15) is 65.4 Å². The van der Waals surface area contributed by atoms with Gasteiger partial charge in [0.05, 0.1) is 10.7 Å². The summed E-state index contributed by atoms with van der Waals surface area (Å²) in [5.74, 6) is 0.695. The van der Waals surface area contributed by atoms with Crippen molar-refractivity contribution in [2.24, 2.45) is 5.92 Å². The van der Waals surface area contributed by atoms with Gasteiger partial charge in [-0.2, -0.15) is 4.90 Å². The summed E-state index contributed by atoms with van der Waals surface area (Å²) in [4.78, 5) is 55.7. The molecule has 1 heterocycles. The number of hydrogen-bond donors (Lipinski definition) is 3. The van der Waals surface area contributed by atoms with Gasteiger partial charge >= 0.3 is 18.2 Å². The number of rotatable bonds is 6. The quantitative estimate of drug-likeness (QED) is 0.317. The van der Waals surface area contributed by atoms with E-state index >= 15 is 0 Å². The number of nitrogens with zero attached hydrogens (tertiary/aromatic N) is 2. The number of ether oxygens (including phenoxy) is 3. The summed E-state index contributed by atoms with van der Waals surface area (Å²) in [5, 5.41) is 8.08. The third kappa shape index (κ3) is 9.73. The molecule has 1 unspecified atom stereocenters. The second-order valence-electron chi connectivity index (χ2n) is 12.0. The molecule has 1 aliphatic rings. The van der Waals surface area contributed by atoms with E-state index in [0.717, 1.165) is 0 Å². The molecule has 12 nitrogen and oxygen atoms in total. The number of halogens is 1. The molecule has 3 N–H and O–H groups in total. The van der Waals surface area contributed by atoms with Crippen LogP contribution in [0.25, 0.3) is 0 Å². The molecule has 0 radical (unpaired) electrons. The molecule has 0 bridgehead atoms. The highest BCUT2D eigenvalue weighted by Crippen LogP contribution is 2.32. The number of amides is 5. The van der Waals surface area contributed by atoms with Crippen LogP contribution in [0.4, 0.5) is 25.8 Å². The standard InChI is InChI=1S/C31H38ClN5O7/c1-18-15-19(10-12-25(18)42-21-13-14-34-23(17-21)26(38)33-8)35-27(39)36-20-9-11-22(32)24(16-20)37(28(40)43-30(2,3)4)29(41)44-31(5,6)7/h9-14,16-18H,15H2,1-8H3,(H,33,38)(H2,35,36,39). The van der Waals surface area contributed by atoms with Gasteiger partial charge in [-0.05, 0) is 84.4 Å². The monoisotopic (exact) mass is 627 g/mol. The van der Waals surface area contributed by atoms with E-state index in [2.05, 4.69) is 20.9 Å². The van der Waals surface area contributed by atoms with Crippen molar-refractivity contribution in [3.63, 3.8) is 0 Å². The highest BCUT2D eigenvalue weighted by Gasteiger charge is 2.34. The van der Waals surface area contributed by atoms with Gasteiger partial charge in [0.25, 0.3) is 5.91 Å². The predicted molar refractivity (Wildman–Crippen MR) is 167 cm³/mol. The van der Waals surface area contributed by atoms with E-state index in [4.69, 9.17) is 25.8 Å². The molecule has 0 spiro atoms. The van der Waals surface area contributed by atoms with Crippen LogP contribution in [0.15, 0.2) is 60.1 Å². The minimum atomic E-state index is -0.988. The normalized spacial score (nSPS) is 14.8. The van der Waals surface area contributed by atoms with Gasteiger partial charge in [0.1, 0.15) is 28.4 Å². The maximum absolute atomic E-state index is 13.1. The third-order valence-corrected chi connectivity index (χ3v) is 6.08. The van der Waals surface area contributed by atoms with Crippen molar-refractivity contribution < 1.29 is 33.4 Å². The van der Waals surface area contributed by atoms with Crippen LogP contribution in [-0.2, 0) is 9.47 Å². The van der Waals surface area contributed by atoms with Gasteiger partial charge in [-0.25, -0.2) is 14.4 Å². The highest BCUT2D eigenvalue weighted by atomic mass is 35.5. The van der Waals surface area contributed by atoms with Crippen LogP contribution in [-0.4, -0.2) is 47.4 Å². The van der Waals surface area contributed by atoms with Gasteiger partial charge in [0.2, 0.25) is 0 Å². The zero-order chi connectivity index (χ0) is 32.8. The van der Waals surface area contributed by atoms with Gasteiger partial charge in [0.15, 0.2) is 0 Å². The zero-order valence-electron chi connectivity index (χ0n) is 26.0.